The lowest BCUT2D eigenvalue weighted by molar-refractivity contribution is 0.989. The van der Waals surface area contributed by atoms with Crippen molar-refractivity contribution in [3.05, 3.63) is 33.5 Å². The molecule has 0 saturated carbocycles. The SMILES string of the molecule is CCc1nc(-c2ccc(N(C)C)cc2)nc(NC)c1I. The highest BCUT2D eigenvalue weighted by Gasteiger charge is 2.11. The highest BCUT2D eigenvalue weighted by molar-refractivity contribution is 14.1. The molecule has 2 rings (SSSR count). The monoisotopic (exact) mass is 382 g/mol. The predicted octanol–water partition coefficient (Wildman–Crippen LogP) is 3.42. The van der Waals surface area contributed by atoms with Crippen LogP contribution >= 0.6 is 22.6 Å². The number of nitrogens with zero attached hydrogens (tertiary/aromatic N) is 3. The molecule has 1 aromatic carbocycles. The van der Waals surface area contributed by atoms with E-state index >= 15 is 0 Å². The summed E-state index contributed by atoms with van der Waals surface area (Å²) >= 11 is 2.30. The summed E-state index contributed by atoms with van der Waals surface area (Å²) in [5.41, 5.74) is 3.29. The first kappa shape index (κ1) is 15.0. The molecule has 20 heavy (non-hydrogen) atoms. The van der Waals surface area contributed by atoms with E-state index in [1.807, 2.05) is 21.1 Å². The number of anilines is 2. The smallest absolute Gasteiger partial charge is 0.161 e. The molecule has 0 fully saturated rings. The van der Waals surface area contributed by atoms with Gasteiger partial charge in [-0.05, 0) is 53.3 Å². The maximum absolute atomic E-state index is 4.67. The van der Waals surface area contributed by atoms with E-state index < -0.39 is 0 Å². The summed E-state index contributed by atoms with van der Waals surface area (Å²) in [6.07, 6.45) is 0.901. The van der Waals surface area contributed by atoms with E-state index in [9.17, 15) is 0 Å². The summed E-state index contributed by atoms with van der Waals surface area (Å²) in [6.45, 7) is 2.11. The molecular weight excluding hydrogens is 363 g/mol. The number of aryl methyl sites for hydroxylation is 1. The van der Waals surface area contributed by atoms with Crippen molar-refractivity contribution in [2.45, 2.75) is 13.3 Å². The summed E-state index contributed by atoms with van der Waals surface area (Å²) in [4.78, 5) is 11.4. The average molecular weight is 382 g/mol. The van der Waals surface area contributed by atoms with Crippen LogP contribution in [0.1, 0.15) is 12.6 Å². The van der Waals surface area contributed by atoms with Gasteiger partial charge in [0, 0.05) is 32.4 Å². The fraction of sp³-hybridized carbons (Fsp3) is 0.333. The second-order valence-electron chi connectivity index (χ2n) is 4.70. The van der Waals surface area contributed by atoms with Crippen LogP contribution in [0.4, 0.5) is 11.5 Å². The molecule has 0 amide bonds. The van der Waals surface area contributed by atoms with Gasteiger partial charge in [0.15, 0.2) is 5.82 Å². The van der Waals surface area contributed by atoms with Crippen molar-refractivity contribution in [3.8, 4) is 11.4 Å². The van der Waals surface area contributed by atoms with Crippen molar-refractivity contribution in [1.82, 2.24) is 9.97 Å². The van der Waals surface area contributed by atoms with Gasteiger partial charge in [0.2, 0.25) is 0 Å². The van der Waals surface area contributed by atoms with Crippen LogP contribution in [0.3, 0.4) is 0 Å². The van der Waals surface area contributed by atoms with Gasteiger partial charge in [-0.2, -0.15) is 0 Å². The van der Waals surface area contributed by atoms with Crippen LogP contribution < -0.4 is 10.2 Å². The Hall–Kier alpha value is -1.37. The Morgan fingerprint density at radius 3 is 2.30 bits per heavy atom. The second kappa shape index (κ2) is 6.39. The van der Waals surface area contributed by atoms with Gasteiger partial charge in [-0.25, -0.2) is 9.97 Å². The van der Waals surface area contributed by atoms with E-state index in [1.165, 1.54) is 5.69 Å². The zero-order valence-electron chi connectivity index (χ0n) is 12.2. The molecule has 0 aliphatic rings. The van der Waals surface area contributed by atoms with Crippen LogP contribution in [0.5, 0.6) is 0 Å². The summed E-state index contributed by atoms with van der Waals surface area (Å²) in [6, 6.07) is 8.30. The van der Waals surface area contributed by atoms with E-state index in [-0.39, 0.29) is 0 Å². The minimum absolute atomic E-state index is 0.775. The van der Waals surface area contributed by atoms with Crippen LogP contribution in [0.15, 0.2) is 24.3 Å². The highest BCUT2D eigenvalue weighted by Crippen LogP contribution is 2.25. The first-order valence-corrected chi connectivity index (χ1v) is 7.66. The summed E-state index contributed by atoms with van der Waals surface area (Å²) in [5, 5.41) is 3.14. The van der Waals surface area contributed by atoms with Gasteiger partial charge in [-0.3, -0.25) is 0 Å². The third-order valence-electron chi connectivity index (χ3n) is 3.13. The van der Waals surface area contributed by atoms with Gasteiger partial charge in [0.1, 0.15) is 5.82 Å². The number of halogens is 1. The number of rotatable bonds is 4. The maximum atomic E-state index is 4.67. The number of benzene rings is 1. The molecule has 5 heteroatoms. The second-order valence-corrected chi connectivity index (χ2v) is 5.78. The van der Waals surface area contributed by atoms with E-state index in [4.69, 9.17) is 0 Å². The molecule has 0 atom stereocenters. The number of nitrogens with one attached hydrogen (secondary N) is 1. The van der Waals surface area contributed by atoms with Crippen molar-refractivity contribution >= 4 is 34.1 Å². The molecule has 0 bridgehead atoms. The lowest BCUT2D eigenvalue weighted by Gasteiger charge is -2.13. The lowest BCUT2D eigenvalue weighted by Crippen LogP contribution is -2.08. The molecule has 0 saturated heterocycles. The summed E-state index contributed by atoms with van der Waals surface area (Å²) < 4.78 is 1.10. The number of hydrogen-bond acceptors (Lipinski definition) is 4. The fourth-order valence-corrected chi connectivity index (χ4v) is 2.82. The molecule has 2 aromatic rings. The third kappa shape index (κ3) is 3.03. The molecule has 0 unspecified atom stereocenters. The zero-order chi connectivity index (χ0) is 14.7. The molecular formula is C15H19IN4. The minimum atomic E-state index is 0.775. The van der Waals surface area contributed by atoms with E-state index in [2.05, 4.69) is 74.0 Å². The maximum Gasteiger partial charge on any atom is 0.161 e. The van der Waals surface area contributed by atoms with Gasteiger partial charge in [-0.1, -0.05) is 6.92 Å². The molecule has 1 aromatic heterocycles. The normalized spacial score (nSPS) is 10.4. The van der Waals surface area contributed by atoms with Crippen LogP contribution in [0, 0.1) is 3.57 Å². The Bertz CT molecular complexity index is 568. The predicted molar refractivity (Wildman–Crippen MR) is 93.4 cm³/mol. The van der Waals surface area contributed by atoms with Crippen molar-refractivity contribution in [2.75, 3.05) is 31.4 Å². The summed E-state index contributed by atoms with van der Waals surface area (Å²) in [7, 11) is 5.96. The van der Waals surface area contributed by atoms with Crippen molar-refractivity contribution < 1.29 is 0 Å². The van der Waals surface area contributed by atoms with Crippen molar-refractivity contribution in [1.29, 1.82) is 0 Å². The van der Waals surface area contributed by atoms with Gasteiger partial charge in [0.05, 0.1) is 9.26 Å². The van der Waals surface area contributed by atoms with Gasteiger partial charge < -0.3 is 10.2 Å². The van der Waals surface area contributed by atoms with Crippen LogP contribution in [0.25, 0.3) is 11.4 Å². The Labute approximate surface area is 133 Å². The average Bonchev–Trinajstić information content (AvgIpc) is 2.47. The molecule has 0 radical (unpaired) electrons. The Morgan fingerprint density at radius 2 is 1.80 bits per heavy atom. The topological polar surface area (TPSA) is 41.1 Å². The number of hydrogen-bond donors (Lipinski definition) is 1. The molecule has 0 aliphatic heterocycles. The molecule has 1 N–H and O–H groups in total. The van der Waals surface area contributed by atoms with E-state index in [0.29, 0.717) is 0 Å². The standard InChI is InChI=1S/C15H19IN4/c1-5-12-13(16)15(17-2)19-14(18-12)10-6-8-11(9-7-10)20(3)4/h6-9H,5H2,1-4H3,(H,17,18,19). The number of aromatic nitrogens is 2. The third-order valence-corrected chi connectivity index (χ3v) is 4.27. The zero-order valence-corrected chi connectivity index (χ0v) is 14.4. The molecule has 106 valence electrons. The Morgan fingerprint density at radius 1 is 1.15 bits per heavy atom. The highest BCUT2D eigenvalue weighted by atomic mass is 127. The summed E-state index contributed by atoms with van der Waals surface area (Å²) in [5.74, 6) is 1.67. The largest absolute Gasteiger partial charge is 0.378 e. The molecule has 0 aliphatic carbocycles. The molecule has 0 spiro atoms. The molecule has 1 heterocycles. The van der Waals surface area contributed by atoms with Gasteiger partial charge in [-0.15, -0.1) is 0 Å². The Kier molecular flexibility index (Phi) is 4.80. The van der Waals surface area contributed by atoms with E-state index in [0.717, 1.165) is 32.9 Å². The van der Waals surface area contributed by atoms with Gasteiger partial charge in [0.25, 0.3) is 0 Å². The minimum Gasteiger partial charge on any atom is -0.378 e. The van der Waals surface area contributed by atoms with E-state index in [1.54, 1.807) is 0 Å². The van der Waals surface area contributed by atoms with Crippen LogP contribution in [-0.2, 0) is 6.42 Å². The fourth-order valence-electron chi connectivity index (χ4n) is 1.93. The van der Waals surface area contributed by atoms with Gasteiger partial charge >= 0.3 is 0 Å². The van der Waals surface area contributed by atoms with Crippen LogP contribution in [0.2, 0.25) is 0 Å². The lowest BCUT2D eigenvalue weighted by atomic mass is 10.1. The quantitative estimate of drug-likeness (QED) is 0.823. The van der Waals surface area contributed by atoms with Crippen molar-refractivity contribution in [2.24, 2.45) is 0 Å². The first-order valence-electron chi connectivity index (χ1n) is 6.58. The Balaban J connectivity index is 2.46. The van der Waals surface area contributed by atoms with Crippen LogP contribution in [-0.4, -0.2) is 31.1 Å². The van der Waals surface area contributed by atoms with Crippen molar-refractivity contribution in [3.63, 3.8) is 0 Å². The molecule has 4 nitrogen and oxygen atoms in total. The first-order chi connectivity index (χ1) is 9.56.